The summed E-state index contributed by atoms with van der Waals surface area (Å²) in [6, 6.07) is 0. The van der Waals surface area contributed by atoms with Gasteiger partial charge in [-0.2, -0.15) is 9.98 Å². The Bertz CT molecular complexity index is 220. The number of hydrogen-bond donors (Lipinski definition) is 0. The lowest BCUT2D eigenvalue weighted by molar-refractivity contribution is 0.563. The van der Waals surface area contributed by atoms with Gasteiger partial charge in [-0.1, -0.05) is 6.92 Å². The summed E-state index contributed by atoms with van der Waals surface area (Å²) in [5.74, 6) is 0. The van der Waals surface area contributed by atoms with E-state index in [-0.39, 0.29) is 0 Å². The summed E-state index contributed by atoms with van der Waals surface area (Å²) in [5, 5.41) is 0. The van der Waals surface area contributed by atoms with E-state index in [1.165, 1.54) is 18.4 Å². The predicted octanol–water partition coefficient (Wildman–Crippen LogP) is 0.909. The van der Waals surface area contributed by atoms with Gasteiger partial charge in [0.2, 0.25) is 12.2 Å². The van der Waals surface area contributed by atoms with Crippen molar-refractivity contribution in [2.45, 2.75) is 13.3 Å². The van der Waals surface area contributed by atoms with Gasteiger partial charge in [-0.25, -0.2) is 9.59 Å². The molecule has 0 spiro atoms. The maximum Gasteiger partial charge on any atom is 0.240 e. The Labute approximate surface area is 58.0 Å². The van der Waals surface area contributed by atoms with Crippen molar-refractivity contribution in [3.8, 4) is 0 Å². The first-order chi connectivity index (χ1) is 4.85. The average Bonchev–Trinajstić information content (AvgIpc) is 1.98. The summed E-state index contributed by atoms with van der Waals surface area (Å²) in [4.78, 5) is 25.6. The molecule has 10 heavy (non-hydrogen) atoms. The topological polar surface area (TPSA) is 58.9 Å². The highest BCUT2D eigenvalue weighted by molar-refractivity contribution is 5.38. The van der Waals surface area contributed by atoms with Gasteiger partial charge in [0, 0.05) is 0 Å². The number of rotatable bonds is 3. The van der Waals surface area contributed by atoms with Crippen LogP contribution in [-0.4, -0.2) is 12.2 Å². The SMILES string of the molecule is CCC(=CN=C=O)N=C=O. The van der Waals surface area contributed by atoms with E-state index in [4.69, 9.17) is 0 Å². The Hall–Kier alpha value is -1.50. The van der Waals surface area contributed by atoms with Crippen LogP contribution in [0.5, 0.6) is 0 Å². The standard InChI is InChI=1S/C6H6N2O2/c1-2-6(8-5-10)3-7-4-9/h3H,2H2,1H3. The first kappa shape index (κ1) is 8.50. The van der Waals surface area contributed by atoms with Crippen LogP contribution in [0.25, 0.3) is 0 Å². The summed E-state index contributed by atoms with van der Waals surface area (Å²) in [7, 11) is 0. The summed E-state index contributed by atoms with van der Waals surface area (Å²) < 4.78 is 0. The first-order valence-electron chi connectivity index (χ1n) is 2.69. The molecule has 0 atom stereocenters. The van der Waals surface area contributed by atoms with Gasteiger partial charge in [0.25, 0.3) is 0 Å². The second-order valence-electron chi connectivity index (χ2n) is 1.40. The molecule has 0 rings (SSSR count). The number of aliphatic imine (C=N–C) groups is 2. The fraction of sp³-hybridized carbons (Fsp3) is 0.333. The largest absolute Gasteiger partial charge is 0.240 e. The first-order valence-corrected chi connectivity index (χ1v) is 2.69. The van der Waals surface area contributed by atoms with Crippen LogP contribution in [0.4, 0.5) is 0 Å². The molecule has 0 saturated heterocycles. The molecule has 0 saturated carbocycles. The molecule has 0 amide bonds. The zero-order valence-corrected chi connectivity index (χ0v) is 5.50. The molecule has 0 aromatic rings. The van der Waals surface area contributed by atoms with Gasteiger partial charge in [-0.05, 0) is 6.42 Å². The zero-order valence-electron chi connectivity index (χ0n) is 5.50. The number of carbonyl (C=O) groups excluding carboxylic acids is 2. The lowest BCUT2D eigenvalue weighted by Gasteiger charge is -1.85. The van der Waals surface area contributed by atoms with Crippen molar-refractivity contribution in [3.05, 3.63) is 11.9 Å². The number of nitrogens with zero attached hydrogens (tertiary/aromatic N) is 2. The van der Waals surface area contributed by atoms with E-state index >= 15 is 0 Å². The van der Waals surface area contributed by atoms with Gasteiger partial charge in [0.15, 0.2) is 0 Å². The molecule has 0 aromatic heterocycles. The normalized spacial score (nSPS) is 9.50. The van der Waals surface area contributed by atoms with E-state index < -0.39 is 0 Å². The zero-order chi connectivity index (χ0) is 7.82. The van der Waals surface area contributed by atoms with Crippen LogP contribution in [0.15, 0.2) is 21.9 Å². The minimum atomic E-state index is 0.415. The fourth-order valence-corrected chi connectivity index (χ4v) is 0.359. The molecule has 0 aliphatic rings. The Morgan fingerprint density at radius 1 is 1.50 bits per heavy atom. The molecule has 0 bridgehead atoms. The predicted molar refractivity (Wildman–Crippen MR) is 34.6 cm³/mol. The van der Waals surface area contributed by atoms with E-state index in [9.17, 15) is 9.59 Å². The number of isocyanates is 2. The molecule has 0 aliphatic carbocycles. The molecular formula is C6H6N2O2. The molecule has 52 valence electrons. The van der Waals surface area contributed by atoms with Crippen molar-refractivity contribution < 1.29 is 9.59 Å². The van der Waals surface area contributed by atoms with Crippen molar-refractivity contribution in [1.82, 2.24) is 0 Å². The maximum atomic E-state index is 9.66. The molecule has 0 radical (unpaired) electrons. The van der Waals surface area contributed by atoms with Gasteiger partial charge in [-0.3, -0.25) is 0 Å². The molecule has 0 fully saturated rings. The molecule has 0 aromatic carbocycles. The minimum absolute atomic E-state index is 0.415. The van der Waals surface area contributed by atoms with Gasteiger partial charge < -0.3 is 0 Å². The second kappa shape index (κ2) is 5.63. The second-order valence-corrected chi connectivity index (χ2v) is 1.40. The Balaban J connectivity index is 4.31. The van der Waals surface area contributed by atoms with E-state index in [0.717, 1.165) is 0 Å². The van der Waals surface area contributed by atoms with Crippen LogP contribution < -0.4 is 0 Å². The molecular weight excluding hydrogens is 132 g/mol. The minimum Gasteiger partial charge on any atom is -0.211 e. The lowest BCUT2D eigenvalue weighted by Crippen LogP contribution is -1.71. The van der Waals surface area contributed by atoms with Gasteiger partial charge in [0.05, 0.1) is 11.9 Å². The Morgan fingerprint density at radius 3 is 2.60 bits per heavy atom. The van der Waals surface area contributed by atoms with E-state index in [2.05, 4.69) is 9.98 Å². The summed E-state index contributed by atoms with van der Waals surface area (Å²) in [6.07, 6.45) is 4.36. The lowest BCUT2D eigenvalue weighted by atomic mass is 10.4. The number of hydrogen-bond acceptors (Lipinski definition) is 4. The molecule has 0 aliphatic heterocycles. The van der Waals surface area contributed by atoms with E-state index in [1.807, 2.05) is 0 Å². The third-order valence-corrected chi connectivity index (χ3v) is 0.818. The van der Waals surface area contributed by atoms with Crippen LogP contribution in [0, 0.1) is 0 Å². The third kappa shape index (κ3) is 3.50. The van der Waals surface area contributed by atoms with Crippen LogP contribution in [-0.2, 0) is 9.59 Å². The molecule has 0 N–H and O–H groups in total. The van der Waals surface area contributed by atoms with E-state index in [1.54, 1.807) is 6.92 Å². The molecule has 0 heterocycles. The summed E-state index contributed by atoms with van der Waals surface area (Å²) in [6.45, 7) is 1.78. The van der Waals surface area contributed by atoms with Gasteiger partial charge in [0.1, 0.15) is 0 Å². The van der Waals surface area contributed by atoms with E-state index in [0.29, 0.717) is 12.1 Å². The van der Waals surface area contributed by atoms with Crippen LogP contribution >= 0.6 is 0 Å². The monoisotopic (exact) mass is 138 g/mol. The third-order valence-electron chi connectivity index (χ3n) is 0.818. The fourth-order valence-electron chi connectivity index (χ4n) is 0.359. The van der Waals surface area contributed by atoms with Crippen molar-refractivity contribution in [2.75, 3.05) is 0 Å². The summed E-state index contributed by atoms with van der Waals surface area (Å²) >= 11 is 0. The maximum absolute atomic E-state index is 9.66. The van der Waals surface area contributed by atoms with Crippen LogP contribution in [0.1, 0.15) is 13.3 Å². The van der Waals surface area contributed by atoms with Crippen LogP contribution in [0.2, 0.25) is 0 Å². The Morgan fingerprint density at radius 2 is 2.20 bits per heavy atom. The highest BCUT2D eigenvalue weighted by Crippen LogP contribution is 1.99. The Kier molecular flexibility index (Phi) is 4.79. The van der Waals surface area contributed by atoms with Crippen molar-refractivity contribution in [1.29, 1.82) is 0 Å². The molecule has 4 heteroatoms. The highest BCUT2D eigenvalue weighted by Gasteiger charge is 1.85. The van der Waals surface area contributed by atoms with Crippen molar-refractivity contribution in [2.24, 2.45) is 9.98 Å². The quantitative estimate of drug-likeness (QED) is 0.430. The average molecular weight is 138 g/mol. The van der Waals surface area contributed by atoms with Crippen molar-refractivity contribution >= 4 is 12.2 Å². The highest BCUT2D eigenvalue weighted by atomic mass is 16.1. The van der Waals surface area contributed by atoms with Crippen LogP contribution in [0.3, 0.4) is 0 Å². The van der Waals surface area contributed by atoms with Gasteiger partial charge in [-0.15, -0.1) is 0 Å². The van der Waals surface area contributed by atoms with Crippen molar-refractivity contribution in [3.63, 3.8) is 0 Å². The molecule has 0 unspecified atom stereocenters. The summed E-state index contributed by atoms with van der Waals surface area (Å²) in [5.41, 5.74) is 0.415. The molecule has 4 nitrogen and oxygen atoms in total. The smallest absolute Gasteiger partial charge is 0.211 e. The van der Waals surface area contributed by atoms with Gasteiger partial charge >= 0.3 is 0 Å². The number of allylic oxidation sites excluding steroid dienone is 1.